The molecule has 2 heterocycles. The van der Waals surface area contributed by atoms with E-state index in [1.165, 1.54) is 0 Å². The molecule has 5 N–H and O–H groups in total. The molecule has 4 atom stereocenters. The van der Waals surface area contributed by atoms with Crippen molar-refractivity contribution in [3.63, 3.8) is 0 Å². The predicted octanol–water partition coefficient (Wildman–Crippen LogP) is -2.09. The van der Waals surface area contributed by atoms with Crippen molar-refractivity contribution in [2.75, 3.05) is 12.3 Å². The van der Waals surface area contributed by atoms with Gasteiger partial charge in [0.2, 0.25) is 0 Å². The Balaban J connectivity index is 2.40. The van der Waals surface area contributed by atoms with Gasteiger partial charge in [-0.25, -0.2) is 9.18 Å². The van der Waals surface area contributed by atoms with Gasteiger partial charge in [-0.1, -0.05) is 0 Å². The van der Waals surface area contributed by atoms with Crippen molar-refractivity contribution >= 4 is 5.82 Å². The highest BCUT2D eigenvalue weighted by molar-refractivity contribution is 5.36. The lowest BCUT2D eigenvalue weighted by Crippen LogP contribution is -2.34. The lowest BCUT2D eigenvalue weighted by atomic mass is 10.1. The first kappa shape index (κ1) is 13.9. The summed E-state index contributed by atoms with van der Waals surface area (Å²) in [6.45, 7) is -1.06. The molecule has 1 saturated heterocycles. The minimum Gasteiger partial charge on any atom is -0.394 e. The van der Waals surface area contributed by atoms with E-state index in [4.69, 9.17) is 20.7 Å². The molecule has 0 aromatic carbocycles. The van der Waals surface area contributed by atoms with Crippen molar-refractivity contribution in [3.8, 4) is 0 Å². The molecule has 19 heavy (non-hydrogen) atoms. The van der Waals surface area contributed by atoms with Crippen molar-refractivity contribution in [2.24, 2.45) is 0 Å². The fourth-order valence-electron chi connectivity index (χ4n) is 1.90. The van der Waals surface area contributed by atoms with E-state index < -0.39 is 43.5 Å². The summed E-state index contributed by atoms with van der Waals surface area (Å²) in [4.78, 5) is 15.1. The van der Waals surface area contributed by atoms with E-state index in [1.54, 1.807) is 0 Å². The average Bonchev–Trinajstić information content (AvgIpc) is 2.67. The Kier molecular flexibility index (Phi) is 3.80. The Bertz CT molecular complexity index is 522. The molecule has 0 saturated carbocycles. The Morgan fingerprint density at radius 1 is 1.53 bits per heavy atom. The minimum absolute atomic E-state index is 0.136. The number of nitrogens with two attached hydrogens (primary N) is 1. The first-order valence-corrected chi connectivity index (χ1v) is 5.56. The Hall–Kier alpha value is -1.55. The monoisotopic (exact) mass is 275 g/mol. The molecule has 1 aliphatic heterocycles. The highest BCUT2D eigenvalue weighted by atomic mass is 19.1. The molecule has 106 valence electrons. The maximum Gasteiger partial charge on any atom is 0.351 e. The molecule has 1 aromatic rings. The normalized spacial score (nSPS) is 30.7. The number of hydrogen-bond donors (Lipinski definition) is 4. The van der Waals surface area contributed by atoms with Crippen molar-refractivity contribution < 1.29 is 24.4 Å². The van der Waals surface area contributed by atoms with Gasteiger partial charge in [0.05, 0.1) is 13.2 Å². The molecule has 0 spiro atoms. The van der Waals surface area contributed by atoms with E-state index >= 15 is 0 Å². The van der Waals surface area contributed by atoms with Gasteiger partial charge in [-0.2, -0.15) is 4.98 Å². The van der Waals surface area contributed by atoms with E-state index in [9.17, 15) is 14.3 Å². The maximum atomic E-state index is 13.9. The van der Waals surface area contributed by atoms with E-state index in [-0.39, 0.29) is 11.4 Å². The number of aromatic nitrogens is 2. The van der Waals surface area contributed by atoms with Crippen LogP contribution in [0.15, 0.2) is 11.0 Å². The van der Waals surface area contributed by atoms with Gasteiger partial charge in [-0.05, 0) is 0 Å². The summed E-state index contributed by atoms with van der Waals surface area (Å²) in [5.41, 5.74) is 4.68. The maximum absolute atomic E-state index is 13.9. The van der Waals surface area contributed by atoms with Crippen LogP contribution in [0.2, 0.25) is 0 Å². The number of alkyl halides is 1. The number of hydrogen-bond acceptors (Lipinski definition) is 7. The zero-order valence-electron chi connectivity index (χ0n) is 9.81. The lowest BCUT2D eigenvalue weighted by molar-refractivity contribution is -0.0492. The van der Waals surface area contributed by atoms with Crippen molar-refractivity contribution in [2.45, 2.75) is 31.2 Å². The van der Waals surface area contributed by atoms with Crippen LogP contribution in [-0.4, -0.2) is 49.9 Å². The van der Waals surface area contributed by atoms with Gasteiger partial charge in [-0.3, -0.25) is 4.57 Å². The molecule has 2 rings (SSSR count). The van der Waals surface area contributed by atoms with Crippen LogP contribution in [0, 0.1) is 0 Å². The molecule has 0 aliphatic carbocycles. The number of aliphatic hydroxyl groups excluding tert-OH is 3. The second-order valence-corrected chi connectivity index (χ2v) is 4.18. The molecule has 8 nitrogen and oxygen atoms in total. The summed E-state index contributed by atoms with van der Waals surface area (Å²) < 4.78 is 19.7. The molecule has 1 fully saturated rings. The molecule has 1 aliphatic rings. The summed E-state index contributed by atoms with van der Waals surface area (Å²) in [5.74, 6) is -0.156. The fourth-order valence-corrected chi connectivity index (χ4v) is 1.90. The van der Waals surface area contributed by atoms with Gasteiger partial charge in [0.15, 0.2) is 12.4 Å². The molecule has 1 aromatic heterocycles. The van der Waals surface area contributed by atoms with Crippen LogP contribution < -0.4 is 11.4 Å². The van der Waals surface area contributed by atoms with Crippen LogP contribution in [0.1, 0.15) is 11.8 Å². The zero-order valence-corrected chi connectivity index (χ0v) is 9.81. The van der Waals surface area contributed by atoms with E-state index in [0.717, 1.165) is 10.8 Å². The molecule has 0 amide bonds. The van der Waals surface area contributed by atoms with Crippen molar-refractivity contribution in [3.05, 3.63) is 22.2 Å². The molecule has 0 bridgehead atoms. The number of halogens is 1. The van der Waals surface area contributed by atoms with E-state index in [0.29, 0.717) is 0 Å². The Labute approximate surface area is 106 Å². The number of ether oxygens (including phenoxy) is 1. The van der Waals surface area contributed by atoms with Crippen LogP contribution >= 0.6 is 0 Å². The molecule has 0 radical (unpaired) electrons. The number of anilines is 1. The second-order valence-electron chi connectivity index (χ2n) is 4.18. The van der Waals surface area contributed by atoms with Gasteiger partial charge in [0, 0.05) is 11.8 Å². The first-order valence-electron chi connectivity index (χ1n) is 5.56. The molecular weight excluding hydrogens is 261 g/mol. The van der Waals surface area contributed by atoms with E-state index in [2.05, 4.69) is 4.98 Å². The average molecular weight is 275 g/mol. The summed E-state index contributed by atoms with van der Waals surface area (Å²) in [6.07, 6.45) is -4.86. The number of rotatable bonds is 3. The van der Waals surface area contributed by atoms with Gasteiger partial charge in [0.25, 0.3) is 0 Å². The first-order chi connectivity index (χ1) is 8.99. The highest BCUT2D eigenvalue weighted by Crippen LogP contribution is 2.30. The Morgan fingerprint density at radius 2 is 2.21 bits per heavy atom. The zero-order chi connectivity index (χ0) is 14.2. The van der Waals surface area contributed by atoms with Gasteiger partial charge in [0.1, 0.15) is 18.0 Å². The third kappa shape index (κ3) is 2.32. The summed E-state index contributed by atoms with van der Waals surface area (Å²) in [7, 11) is 0. The van der Waals surface area contributed by atoms with Crippen LogP contribution in [-0.2, 0) is 11.3 Å². The van der Waals surface area contributed by atoms with Gasteiger partial charge in [-0.15, -0.1) is 0 Å². The standard InChI is InChI=1S/C10H14FN3O5/c11-6-7(17)5(3-16)19-9(6)14-1-4(2-15)8(12)13-10(14)18/h1,5-7,9,15-17H,2-3H2,(H2,12,13,18). The third-order valence-electron chi connectivity index (χ3n) is 2.98. The van der Waals surface area contributed by atoms with Crippen LogP contribution in [0.5, 0.6) is 0 Å². The Morgan fingerprint density at radius 3 is 2.74 bits per heavy atom. The predicted molar refractivity (Wildman–Crippen MR) is 60.7 cm³/mol. The smallest absolute Gasteiger partial charge is 0.351 e. The third-order valence-corrected chi connectivity index (χ3v) is 2.98. The topological polar surface area (TPSA) is 131 Å². The molecule has 9 heteroatoms. The number of aliphatic hydroxyl groups is 3. The van der Waals surface area contributed by atoms with E-state index in [1.807, 2.05) is 0 Å². The van der Waals surface area contributed by atoms with Gasteiger partial charge >= 0.3 is 5.69 Å². The lowest BCUT2D eigenvalue weighted by Gasteiger charge is -2.17. The number of nitrogen functional groups attached to an aromatic ring is 1. The minimum atomic E-state index is -1.90. The SMILES string of the molecule is Nc1nc(=O)n(C2OC(CO)C(O)C2F)cc1CO. The van der Waals surface area contributed by atoms with Crippen LogP contribution in [0.25, 0.3) is 0 Å². The second kappa shape index (κ2) is 5.21. The van der Waals surface area contributed by atoms with Crippen molar-refractivity contribution in [1.82, 2.24) is 9.55 Å². The van der Waals surface area contributed by atoms with Crippen molar-refractivity contribution in [1.29, 1.82) is 0 Å². The highest BCUT2D eigenvalue weighted by Gasteiger charge is 2.45. The molecular formula is C10H14FN3O5. The number of nitrogens with zero attached hydrogens (tertiary/aromatic N) is 2. The van der Waals surface area contributed by atoms with Gasteiger partial charge < -0.3 is 25.8 Å². The summed E-state index contributed by atoms with van der Waals surface area (Å²) in [5, 5.41) is 27.4. The summed E-state index contributed by atoms with van der Waals surface area (Å²) >= 11 is 0. The fraction of sp³-hybridized carbons (Fsp3) is 0.600. The summed E-state index contributed by atoms with van der Waals surface area (Å²) in [6, 6.07) is 0. The van der Waals surface area contributed by atoms with Crippen LogP contribution in [0.3, 0.4) is 0 Å². The quantitative estimate of drug-likeness (QED) is 0.497. The molecule has 4 unspecified atom stereocenters. The largest absolute Gasteiger partial charge is 0.394 e. The van der Waals surface area contributed by atoms with Crippen LogP contribution in [0.4, 0.5) is 10.2 Å².